The van der Waals surface area contributed by atoms with E-state index < -0.39 is 11.9 Å². The lowest BCUT2D eigenvalue weighted by Gasteiger charge is -2.41. The summed E-state index contributed by atoms with van der Waals surface area (Å²) in [5, 5.41) is 3.21. The summed E-state index contributed by atoms with van der Waals surface area (Å²) in [6.45, 7) is 3.02. The Morgan fingerprint density at radius 1 is 1.11 bits per heavy atom. The lowest BCUT2D eigenvalue weighted by atomic mass is 9.93. The van der Waals surface area contributed by atoms with Crippen molar-refractivity contribution in [1.82, 2.24) is 9.88 Å². The van der Waals surface area contributed by atoms with Crippen LogP contribution in [-0.4, -0.2) is 47.2 Å². The molecule has 1 N–H and O–H groups in total. The molecule has 2 aliphatic heterocycles. The van der Waals surface area contributed by atoms with E-state index in [1.807, 2.05) is 24.3 Å². The summed E-state index contributed by atoms with van der Waals surface area (Å²) in [7, 11) is 0. The fraction of sp³-hybridized carbons (Fsp3) is 0.214. The Kier molecular flexibility index (Phi) is 6.81. The molecule has 8 heteroatoms. The molecule has 0 saturated carbocycles. The number of halogens is 1. The minimum atomic E-state index is -0.642. The molecule has 0 bridgehead atoms. The summed E-state index contributed by atoms with van der Waals surface area (Å²) in [4.78, 5) is 38.9. The SMILES string of the molecule is C#Cc1ccc(N(C(=O)Nc2ccc(C(C3=NCC3)N3CCC3)cc2)C(=O)c2cccc(Cl)c2)nc1. The van der Waals surface area contributed by atoms with E-state index in [1.54, 1.807) is 24.3 Å². The third kappa shape index (κ3) is 4.87. The van der Waals surface area contributed by atoms with Gasteiger partial charge < -0.3 is 5.32 Å². The van der Waals surface area contributed by atoms with Gasteiger partial charge in [0.2, 0.25) is 0 Å². The lowest BCUT2D eigenvalue weighted by Crippen LogP contribution is -2.45. The smallest absolute Gasteiger partial charge is 0.307 e. The van der Waals surface area contributed by atoms with Crippen molar-refractivity contribution in [3.63, 3.8) is 0 Å². The van der Waals surface area contributed by atoms with Crippen molar-refractivity contribution in [2.75, 3.05) is 29.9 Å². The molecule has 2 aliphatic rings. The van der Waals surface area contributed by atoms with Crippen LogP contribution < -0.4 is 10.2 Å². The topological polar surface area (TPSA) is 77.9 Å². The van der Waals surface area contributed by atoms with Gasteiger partial charge in [0, 0.05) is 59.8 Å². The van der Waals surface area contributed by atoms with Crippen molar-refractivity contribution >= 4 is 40.8 Å². The zero-order valence-corrected chi connectivity index (χ0v) is 20.3. The van der Waals surface area contributed by atoms with Gasteiger partial charge in [-0.15, -0.1) is 6.42 Å². The molecular formula is C28H24ClN5O2. The Labute approximate surface area is 214 Å². The minimum Gasteiger partial charge on any atom is -0.307 e. The molecule has 1 atom stereocenters. The molecule has 7 nitrogen and oxygen atoms in total. The number of likely N-dealkylation sites (tertiary alicyclic amines) is 1. The summed E-state index contributed by atoms with van der Waals surface area (Å²) in [6, 6.07) is 16.8. The standard InChI is InChI=1S/C28H24ClN5O2/c1-2-19-7-12-25(31-18-19)34(27(35)21-5-3-6-22(29)17-21)28(36)32-23-10-8-20(9-11-23)26(24-13-14-30-24)33-15-4-16-33/h1,3,5-12,17-18,26H,4,13-16H2,(H,32,36). The van der Waals surface area contributed by atoms with Crippen LogP contribution in [0.15, 0.2) is 71.9 Å². The number of benzene rings is 2. The number of aromatic nitrogens is 1. The number of imide groups is 1. The first kappa shape index (κ1) is 23.7. The van der Waals surface area contributed by atoms with Gasteiger partial charge >= 0.3 is 6.03 Å². The normalized spacial score (nSPS) is 15.5. The fourth-order valence-electron chi connectivity index (χ4n) is 4.26. The number of hydrogen-bond donors (Lipinski definition) is 1. The van der Waals surface area contributed by atoms with E-state index in [4.69, 9.17) is 18.0 Å². The molecule has 2 aromatic carbocycles. The van der Waals surface area contributed by atoms with Crippen molar-refractivity contribution in [3.05, 3.63) is 88.6 Å². The van der Waals surface area contributed by atoms with Crippen LogP contribution in [0.2, 0.25) is 5.02 Å². The number of terminal acetylenes is 1. The molecule has 5 rings (SSSR count). The fourth-order valence-corrected chi connectivity index (χ4v) is 4.45. The number of urea groups is 1. The van der Waals surface area contributed by atoms with Gasteiger partial charge in [0.05, 0.1) is 6.04 Å². The summed E-state index contributed by atoms with van der Waals surface area (Å²) in [6.07, 6.45) is 9.08. The van der Waals surface area contributed by atoms with E-state index in [1.165, 1.54) is 30.5 Å². The highest BCUT2D eigenvalue weighted by molar-refractivity contribution is 6.31. The molecular weight excluding hydrogens is 474 g/mol. The first-order chi connectivity index (χ1) is 17.5. The molecule has 180 valence electrons. The van der Waals surface area contributed by atoms with Crippen LogP contribution in [0.25, 0.3) is 0 Å². The maximum absolute atomic E-state index is 13.4. The molecule has 0 spiro atoms. The molecule has 0 radical (unpaired) electrons. The van der Waals surface area contributed by atoms with Gasteiger partial charge in [-0.1, -0.05) is 35.7 Å². The highest BCUT2D eigenvalue weighted by Gasteiger charge is 2.31. The number of nitrogens with one attached hydrogen (secondary N) is 1. The molecule has 1 fully saturated rings. The third-order valence-corrected chi connectivity index (χ3v) is 6.59. The quantitative estimate of drug-likeness (QED) is 0.475. The molecule has 3 aromatic rings. The number of carbonyl (C=O) groups excluding carboxylic acids is 2. The molecule has 1 saturated heterocycles. The Morgan fingerprint density at radius 2 is 1.89 bits per heavy atom. The summed E-state index contributed by atoms with van der Waals surface area (Å²) >= 11 is 6.08. The predicted molar refractivity (Wildman–Crippen MR) is 142 cm³/mol. The number of anilines is 2. The minimum absolute atomic E-state index is 0.147. The van der Waals surface area contributed by atoms with Crippen molar-refractivity contribution in [1.29, 1.82) is 0 Å². The molecule has 3 heterocycles. The second-order valence-corrected chi connectivity index (χ2v) is 9.10. The van der Waals surface area contributed by atoms with E-state index in [0.29, 0.717) is 16.3 Å². The maximum atomic E-state index is 13.4. The molecule has 36 heavy (non-hydrogen) atoms. The van der Waals surface area contributed by atoms with Gasteiger partial charge in [0.25, 0.3) is 5.91 Å². The third-order valence-electron chi connectivity index (χ3n) is 6.35. The Balaban J connectivity index is 1.39. The van der Waals surface area contributed by atoms with Gasteiger partial charge in [-0.2, -0.15) is 0 Å². The van der Waals surface area contributed by atoms with E-state index in [0.717, 1.165) is 36.5 Å². The first-order valence-corrected chi connectivity index (χ1v) is 12.1. The van der Waals surface area contributed by atoms with E-state index in [-0.39, 0.29) is 17.4 Å². The van der Waals surface area contributed by atoms with Gasteiger partial charge in [-0.25, -0.2) is 14.7 Å². The predicted octanol–water partition coefficient (Wildman–Crippen LogP) is 5.19. The zero-order chi connectivity index (χ0) is 25.1. The van der Waals surface area contributed by atoms with Gasteiger partial charge in [-0.05, 0) is 54.4 Å². The molecule has 3 amide bonds. The molecule has 1 aromatic heterocycles. The van der Waals surface area contributed by atoms with Crippen LogP contribution in [0.4, 0.5) is 16.3 Å². The Morgan fingerprint density at radius 3 is 2.44 bits per heavy atom. The highest BCUT2D eigenvalue weighted by Crippen LogP contribution is 2.31. The Hall–Kier alpha value is -3.99. The number of hydrogen-bond acceptors (Lipinski definition) is 5. The lowest BCUT2D eigenvalue weighted by molar-refractivity contribution is 0.0995. The van der Waals surface area contributed by atoms with Crippen LogP contribution in [-0.2, 0) is 0 Å². The monoisotopic (exact) mass is 497 g/mol. The van der Waals surface area contributed by atoms with Crippen molar-refractivity contribution in [3.8, 4) is 12.3 Å². The number of aliphatic imine (C=N–C) groups is 1. The largest absolute Gasteiger partial charge is 0.334 e. The molecule has 0 aliphatic carbocycles. The number of carbonyl (C=O) groups is 2. The maximum Gasteiger partial charge on any atom is 0.334 e. The van der Waals surface area contributed by atoms with Crippen LogP contribution in [0, 0.1) is 12.3 Å². The number of nitrogens with zero attached hydrogens (tertiary/aromatic N) is 4. The number of pyridine rings is 1. The van der Waals surface area contributed by atoms with Crippen molar-refractivity contribution < 1.29 is 9.59 Å². The average molecular weight is 498 g/mol. The second kappa shape index (κ2) is 10.3. The molecule has 1 unspecified atom stereocenters. The second-order valence-electron chi connectivity index (χ2n) is 8.67. The zero-order valence-electron chi connectivity index (χ0n) is 19.5. The van der Waals surface area contributed by atoms with E-state index >= 15 is 0 Å². The number of rotatable bonds is 6. The van der Waals surface area contributed by atoms with Crippen LogP contribution in [0.3, 0.4) is 0 Å². The highest BCUT2D eigenvalue weighted by atomic mass is 35.5. The summed E-state index contributed by atoms with van der Waals surface area (Å²) in [5.41, 5.74) is 3.72. The number of amides is 3. The van der Waals surface area contributed by atoms with E-state index in [9.17, 15) is 9.59 Å². The van der Waals surface area contributed by atoms with Crippen LogP contribution in [0.5, 0.6) is 0 Å². The van der Waals surface area contributed by atoms with Crippen LogP contribution in [0.1, 0.15) is 40.4 Å². The van der Waals surface area contributed by atoms with Crippen LogP contribution >= 0.6 is 11.6 Å². The van der Waals surface area contributed by atoms with Crippen molar-refractivity contribution in [2.45, 2.75) is 18.9 Å². The van der Waals surface area contributed by atoms with Gasteiger partial charge in [0.1, 0.15) is 5.82 Å². The van der Waals surface area contributed by atoms with Gasteiger partial charge in [-0.3, -0.25) is 14.7 Å². The average Bonchev–Trinajstić information content (AvgIpc) is 2.82. The summed E-state index contributed by atoms with van der Waals surface area (Å²) < 4.78 is 0. The Bertz CT molecular complexity index is 1360. The first-order valence-electron chi connectivity index (χ1n) is 11.7. The van der Waals surface area contributed by atoms with E-state index in [2.05, 4.69) is 26.1 Å². The van der Waals surface area contributed by atoms with Gasteiger partial charge in [0.15, 0.2) is 0 Å². The summed E-state index contributed by atoms with van der Waals surface area (Å²) in [5.74, 6) is 2.07. The van der Waals surface area contributed by atoms with Crippen molar-refractivity contribution in [2.24, 2.45) is 4.99 Å².